The first-order chi connectivity index (χ1) is 8.13. The Labute approximate surface area is 99.8 Å². The Kier molecular flexibility index (Phi) is 4.35. The molecule has 2 rings (SSSR count). The minimum Gasteiger partial charge on any atom is -0.394 e. The lowest BCUT2D eigenvalue weighted by Gasteiger charge is -2.40. The minimum absolute atomic E-state index is 0.0245. The molecule has 5 atom stereocenters. The van der Waals surface area contributed by atoms with Crippen molar-refractivity contribution in [3.8, 4) is 0 Å². The Bertz CT molecular complexity index is 238. The molecular weight excluding hydrogens is 228 g/mol. The molecule has 1 saturated carbocycles. The van der Waals surface area contributed by atoms with Crippen molar-refractivity contribution in [1.82, 2.24) is 0 Å². The van der Waals surface area contributed by atoms with Crippen molar-refractivity contribution < 1.29 is 29.9 Å². The number of hydrogen-bond donors (Lipinski definition) is 4. The molecule has 0 aromatic rings. The van der Waals surface area contributed by atoms with Gasteiger partial charge in [0.2, 0.25) is 0 Å². The standard InChI is InChI=1S/C11H20O6/c12-5-7-8(13)9(14)10(15)11(17-7)16-6-3-1-2-4-6/h6-15H,1-5H2/t7-,8-,9+,10-,11-/m1/s1. The largest absolute Gasteiger partial charge is 0.394 e. The fraction of sp³-hybridized carbons (Fsp3) is 1.00. The topological polar surface area (TPSA) is 99.4 Å². The van der Waals surface area contributed by atoms with Crippen LogP contribution in [0.2, 0.25) is 0 Å². The summed E-state index contributed by atoms with van der Waals surface area (Å²) in [5, 5.41) is 37.9. The molecule has 1 saturated heterocycles. The number of aliphatic hydroxyl groups excluding tert-OH is 4. The van der Waals surface area contributed by atoms with Gasteiger partial charge in [0.05, 0.1) is 12.7 Å². The van der Waals surface area contributed by atoms with E-state index in [-0.39, 0.29) is 6.10 Å². The highest BCUT2D eigenvalue weighted by Gasteiger charge is 2.44. The van der Waals surface area contributed by atoms with Crippen molar-refractivity contribution in [3.05, 3.63) is 0 Å². The Balaban J connectivity index is 1.95. The van der Waals surface area contributed by atoms with Crippen LogP contribution in [0.4, 0.5) is 0 Å². The highest BCUT2D eigenvalue weighted by atomic mass is 16.7. The predicted molar refractivity (Wildman–Crippen MR) is 57.1 cm³/mol. The van der Waals surface area contributed by atoms with E-state index in [9.17, 15) is 15.3 Å². The van der Waals surface area contributed by atoms with E-state index in [0.717, 1.165) is 25.7 Å². The molecule has 6 nitrogen and oxygen atoms in total. The summed E-state index contributed by atoms with van der Waals surface area (Å²) in [7, 11) is 0. The molecule has 2 fully saturated rings. The van der Waals surface area contributed by atoms with Crippen molar-refractivity contribution in [1.29, 1.82) is 0 Å². The zero-order valence-electron chi connectivity index (χ0n) is 9.60. The second-order valence-electron chi connectivity index (χ2n) is 4.74. The molecule has 100 valence electrons. The summed E-state index contributed by atoms with van der Waals surface area (Å²) in [6.45, 7) is -0.421. The molecule has 4 N–H and O–H groups in total. The third-order valence-electron chi connectivity index (χ3n) is 3.48. The Hall–Kier alpha value is -0.240. The van der Waals surface area contributed by atoms with Gasteiger partial charge in [0.25, 0.3) is 0 Å². The van der Waals surface area contributed by atoms with Crippen LogP contribution in [0.3, 0.4) is 0 Å². The number of rotatable bonds is 3. The van der Waals surface area contributed by atoms with E-state index in [2.05, 4.69) is 0 Å². The van der Waals surface area contributed by atoms with Gasteiger partial charge in [-0.25, -0.2) is 0 Å². The summed E-state index contributed by atoms with van der Waals surface area (Å²) in [5.41, 5.74) is 0. The molecule has 1 aliphatic carbocycles. The summed E-state index contributed by atoms with van der Waals surface area (Å²) >= 11 is 0. The first kappa shape index (κ1) is 13.2. The second-order valence-corrected chi connectivity index (χ2v) is 4.74. The summed E-state index contributed by atoms with van der Waals surface area (Å²) in [6, 6.07) is 0. The van der Waals surface area contributed by atoms with Crippen LogP contribution in [0.1, 0.15) is 25.7 Å². The first-order valence-electron chi connectivity index (χ1n) is 6.09. The monoisotopic (exact) mass is 248 g/mol. The van der Waals surface area contributed by atoms with Crippen LogP contribution in [0, 0.1) is 0 Å². The fourth-order valence-electron chi connectivity index (χ4n) is 2.39. The van der Waals surface area contributed by atoms with Gasteiger partial charge in [-0.15, -0.1) is 0 Å². The van der Waals surface area contributed by atoms with Gasteiger partial charge in [-0.05, 0) is 12.8 Å². The highest BCUT2D eigenvalue weighted by Crippen LogP contribution is 2.27. The fourth-order valence-corrected chi connectivity index (χ4v) is 2.39. The molecule has 2 aliphatic rings. The van der Waals surface area contributed by atoms with Crippen LogP contribution in [-0.2, 0) is 9.47 Å². The molecule has 0 radical (unpaired) electrons. The van der Waals surface area contributed by atoms with Gasteiger partial charge in [-0.2, -0.15) is 0 Å². The molecule has 0 bridgehead atoms. The van der Waals surface area contributed by atoms with E-state index >= 15 is 0 Å². The maximum absolute atomic E-state index is 9.74. The molecule has 0 unspecified atom stereocenters. The van der Waals surface area contributed by atoms with Crippen LogP contribution in [0.25, 0.3) is 0 Å². The maximum Gasteiger partial charge on any atom is 0.186 e. The minimum atomic E-state index is -1.35. The van der Waals surface area contributed by atoms with Crippen LogP contribution >= 0.6 is 0 Å². The van der Waals surface area contributed by atoms with Gasteiger partial charge in [0.15, 0.2) is 6.29 Å². The van der Waals surface area contributed by atoms with Crippen molar-refractivity contribution in [3.63, 3.8) is 0 Å². The van der Waals surface area contributed by atoms with Crippen LogP contribution in [-0.4, -0.2) is 63.8 Å². The van der Waals surface area contributed by atoms with Crippen LogP contribution < -0.4 is 0 Å². The van der Waals surface area contributed by atoms with E-state index in [1.54, 1.807) is 0 Å². The normalized spacial score (nSPS) is 44.1. The third-order valence-corrected chi connectivity index (χ3v) is 3.48. The molecule has 0 aromatic carbocycles. The van der Waals surface area contributed by atoms with Gasteiger partial charge < -0.3 is 29.9 Å². The SMILES string of the molecule is OC[C@H]1O[C@@H](OC2CCCC2)[C@H](O)[C@@H](O)[C@@H]1O. The Morgan fingerprint density at radius 1 is 1.00 bits per heavy atom. The van der Waals surface area contributed by atoms with Crippen LogP contribution in [0.15, 0.2) is 0 Å². The Morgan fingerprint density at radius 3 is 2.24 bits per heavy atom. The zero-order valence-corrected chi connectivity index (χ0v) is 9.60. The lowest BCUT2D eigenvalue weighted by atomic mass is 9.99. The van der Waals surface area contributed by atoms with Gasteiger partial charge in [0, 0.05) is 0 Å². The zero-order chi connectivity index (χ0) is 12.4. The van der Waals surface area contributed by atoms with Gasteiger partial charge >= 0.3 is 0 Å². The number of hydrogen-bond acceptors (Lipinski definition) is 6. The third kappa shape index (κ3) is 2.78. The molecule has 0 amide bonds. The van der Waals surface area contributed by atoms with Crippen molar-refractivity contribution in [2.75, 3.05) is 6.61 Å². The van der Waals surface area contributed by atoms with E-state index in [1.165, 1.54) is 0 Å². The summed E-state index contributed by atoms with van der Waals surface area (Å²) in [6.07, 6.45) is -1.81. The molecule has 0 spiro atoms. The predicted octanol–water partition coefficient (Wildman–Crippen LogP) is -1.25. The summed E-state index contributed by atoms with van der Waals surface area (Å²) in [4.78, 5) is 0. The Morgan fingerprint density at radius 2 is 1.65 bits per heavy atom. The van der Waals surface area contributed by atoms with Gasteiger partial charge in [-0.3, -0.25) is 0 Å². The highest BCUT2D eigenvalue weighted by molar-refractivity contribution is 4.89. The van der Waals surface area contributed by atoms with Crippen molar-refractivity contribution in [2.24, 2.45) is 0 Å². The molecule has 1 aliphatic heterocycles. The van der Waals surface area contributed by atoms with E-state index in [4.69, 9.17) is 14.6 Å². The number of ether oxygens (including phenoxy) is 2. The maximum atomic E-state index is 9.74. The van der Waals surface area contributed by atoms with E-state index < -0.39 is 37.3 Å². The average Bonchev–Trinajstić information content (AvgIpc) is 2.83. The molecule has 1 heterocycles. The van der Waals surface area contributed by atoms with E-state index in [0.29, 0.717) is 0 Å². The quantitative estimate of drug-likeness (QED) is 0.498. The lowest BCUT2D eigenvalue weighted by Crippen LogP contribution is -2.59. The molecule has 0 aromatic heterocycles. The van der Waals surface area contributed by atoms with Crippen molar-refractivity contribution in [2.45, 2.75) is 62.5 Å². The van der Waals surface area contributed by atoms with Crippen LogP contribution in [0.5, 0.6) is 0 Å². The smallest absolute Gasteiger partial charge is 0.186 e. The first-order valence-corrected chi connectivity index (χ1v) is 6.09. The second kappa shape index (κ2) is 5.60. The summed E-state index contributed by atoms with van der Waals surface area (Å²) < 4.78 is 10.8. The van der Waals surface area contributed by atoms with Crippen molar-refractivity contribution >= 4 is 0 Å². The lowest BCUT2D eigenvalue weighted by molar-refractivity contribution is -0.310. The van der Waals surface area contributed by atoms with Gasteiger partial charge in [0.1, 0.15) is 24.4 Å². The average molecular weight is 248 g/mol. The van der Waals surface area contributed by atoms with Gasteiger partial charge in [-0.1, -0.05) is 12.8 Å². The molecular formula is C11H20O6. The summed E-state index contributed by atoms with van der Waals surface area (Å²) in [5.74, 6) is 0. The number of aliphatic hydroxyl groups is 4. The molecule has 17 heavy (non-hydrogen) atoms. The van der Waals surface area contributed by atoms with E-state index in [1.807, 2.05) is 0 Å². The molecule has 6 heteroatoms.